The summed E-state index contributed by atoms with van der Waals surface area (Å²) in [7, 11) is -4.00. The molecule has 1 aliphatic rings. The van der Waals surface area contributed by atoms with Crippen molar-refractivity contribution in [2.75, 3.05) is 10.8 Å². The zero-order chi connectivity index (χ0) is 19.9. The number of benzene rings is 2. The van der Waals surface area contributed by atoms with Crippen LogP contribution in [-0.2, 0) is 21.4 Å². The standard InChI is InChI=1S/C18H19N3O5S/c1-10-5-11(2)17(18(19)24)13(6-10)7-12-3-4-14(15(22)8-12)21-9-16(23)20-27(21,25)26/h3-6,8,22H,7,9H2,1-2H3,(H2,19,24)(H,20,23). The Morgan fingerprint density at radius 2 is 1.96 bits per heavy atom. The van der Waals surface area contributed by atoms with E-state index in [4.69, 9.17) is 5.73 Å². The summed E-state index contributed by atoms with van der Waals surface area (Å²) in [6.07, 6.45) is 0.332. The molecule has 2 amide bonds. The molecule has 0 saturated carbocycles. The quantitative estimate of drug-likeness (QED) is 0.715. The van der Waals surface area contributed by atoms with E-state index < -0.39 is 28.6 Å². The minimum Gasteiger partial charge on any atom is -0.506 e. The summed E-state index contributed by atoms with van der Waals surface area (Å²) in [6, 6.07) is 8.19. The van der Waals surface area contributed by atoms with Gasteiger partial charge in [0.05, 0.1) is 5.69 Å². The highest BCUT2D eigenvalue weighted by atomic mass is 32.2. The van der Waals surface area contributed by atoms with Crippen LogP contribution >= 0.6 is 0 Å². The van der Waals surface area contributed by atoms with Crippen molar-refractivity contribution in [1.82, 2.24) is 4.72 Å². The first-order valence-corrected chi connectivity index (χ1v) is 9.57. The van der Waals surface area contributed by atoms with Crippen LogP contribution in [0.4, 0.5) is 5.69 Å². The first-order valence-electron chi connectivity index (χ1n) is 8.13. The van der Waals surface area contributed by atoms with Crippen molar-refractivity contribution in [3.05, 3.63) is 58.1 Å². The third-order valence-electron chi connectivity index (χ3n) is 4.33. The Labute approximate surface area is 156 Å². The largest absolute Gasteiger partial charge is 0.506 e. The molecule has 0 aliphatic carbocycles. The molecule has 0 unspecified atom stereocenters. The number of amides is 2. The van der Waals surface area contributed by atoms with Crippen LogP contribution in [0.5, 0.6) is 5.75 Å². The zero-order valence-corrected chi connectivity index (χ0v) is 15.6. The normalized spacial score (nSPS) is 15.6. The molecule has 0 bridgehead atoms. The molecule has 1 aliphatic heterocycles. The molecule has 2 aromatic carbocycles. The Hall–Kier alpha value is -3.07. The van der Waals surface area contributed by atoms with Crippen LogP contribution in [0.15, 0.2) is 30.3 Å². The number of primary amides is 1. The van der Waals surface area contributed by atoms with Crippen LogP contribution < -0.4 is 14.8 Å². The van der Waals surface area contributed by atoms with Gasteiger partial charge in [-0.15, -0.1) is 0 Å². The number of carbonyl (C=O) groups excluding carboxylic acids is 2. The number of aryl methyl sites for hydroxylation is 2. The van der Waals surface area contributed by atoms with Crippen molar-refractivity contribution >= 4 is 27.7 Å². The fraction of sp³-hybridized carbons (Fsp3) is 0.222. The van der Waals surface area contributed by atoms with Crippen molar-refractivity contribution in [2.45, 2.75) is 20.3 Å². The summed E-state index contributed by atoms with van der Waals surface area (Å²) in [5.74, 6) is -1.48. The summed E-state index contributed by atoms with van der Waals surface area (Å²) >= 11 is 0. The molecule has 8 nitrogen and oxygen atoms in total. The average Bonchev–Trinajstić information content (AvgIpc) is 2.78. The molecular weight excluding hydrogens is 370 g/mol. The van der Waals surface area contributed by atoms with Crippen LogP contribution in [0.1, 0.15) is 32.6 Å². The highest BCUT2D eigenvalue weighted by molar-refractivity contribution is 7.92. The highest BCUT2D eigenvalue weighted by Gasteiger charge is 2.35. The molecule has 0 spiro atoms. The maximum atomic E-state index is 11.9. The van der Waals surface area contributed by atoms with Crippen LogP contribution in [-0.4, -0.2) is 31.9 Å². The molecule has 2 aromatic rings. The van der Waals surface area contributed by atoms with Gasteiger partial charge in [-0.3, -0.25) is 9.59 Å². The second kappa shape index (κ2) is 6.58. The fourth-order valence-electron chi connectivity index (χ4n) is 3.32. The first-order chi connectivity index (χ1) is 12.6. The van der Waals surface area contributed by atoms with Crippen molar-refractivity contribution in [3.63, 3.8) is 0 Å². The third-order valence-corrected chi connectivity index (χ3v) is 5.72. The highest BCUT2D eigenvalue weighted by Crippen LogP contribution is 2.32. The second-order valence-electron chi connectivity index (χ2n) is 6.52. The second-order valence-corrected chi connectivity index (χ2v) is 8.11. The minimum atomic E-state index is -4.00. The third kappa shape index (κ3) is 3.59. The Morgan fingerprint density at radius 1 is 1.26 bits per heavy atom. The van der Waals surface area contributed by atoms with Crippen molar-refractivity contribution in [3.8, 4) is 5.75 Å². The molecule has 1 fully saturated rings. The van der Waals surface area contributed by atoms with Gasteiger partial charge in [-0.1, -0.05) is 23.8 Å². The van der Waals surface area contributed by atoms with Gasteiger partial charge in [0.2, 0.25) is 5.91 Å². The zero-order valence-electron chi connectivity index (χ0n) is 14.8. The number of rotatable bonds is 4. The number of nitrogens with zero attached hydrogens (tertiary/aromatic N) is 1. The van der Waals surface area contributed by atoms with Gasteiger partial charge in [-0.25, -0.2) is 9.03 Å². The Morgan fingerprint density at radius 3 is 2.52 bits per heavy atom. The summed E-state index contributed by atoms with van der Waals surface area (Å²) in [5, 5.41) is 10.3. The van der Waals surface area contributed by atoms with Gasteiger partial charge >= 0.3 is 10.2 Å². The molecule has 0 radical (unpaired) electrons. The molecule has 142 valence electrons. The monoisotopic (exact) mass is 389 g/mol. The lowest BCUT2D eigenvalue weighted by molar-refractivity contribution is -0.117. The Bertz CT molecular complexity index is 1060. The molecule has 1 saturated heterocycles. The van der Waals surface area contributed by atoms with Gasteiger partial charge in [-0.2, -0.15) is 8.42 Å². The molecule has 27 heavy (non-hydrogen) atoms. The molecular formula is C18H19N3O5S. The lowest BCUT2D eigenvalue weighted by atomic mass is 9.93. The smallest absolute Gasteiger partial charge is 0.326 e. The first kappa shape index (κ1) is 18.7. The number of phenolic OH excluding ortho intramolecular Hbond substituents is 1. The topological polar surface area (TPSA) is 130 Å². The van der Waals surface area contributed by atoms with E-state index in [0.29, 0.717) is 17.5 Å². The summed E-state index contributed by atoms with van der Waals surface area (Å²) in [5.41, 5.74) is 9.07. The predicted octanol–water partition coefficient (Wildman–Crippen LogP) is 0.880. The van der Waals surface area contributed by atoms with E-state index in [1.165, 1.54) is 12.1 Å². The number of nitrogens with one attached hydrogen (secondary N) is 1. The van der Waals surface area contributed by atoms with Crippen LogP contribution in [0.25, 0.3) is 0 Å². The van der Waals surface area contributed by atoms with Gasteiger partial charge in [-0.05, 0) is 49.1 Å². The molecule has 4 N–H and O–H groups in total. The number of anilines is 1. The maximum absolute atomic E-state index is 11.9. The van der Waals surface area contributed by atoms with E-state index in [1.807, 2.05) is 23.8 Å². The summed E-state index contributed by atoms with van der Waals surface area (Å²) in [6.45, 7) is 3.32. The lowest BCUT2D eigenvalue weighted by Gasteiger charge is -2.17. The van der Waals surface area contributed by atoms with Crippen LogP contribution in [0.2, 0.25) is 0 Å². The maximum Gasteiger partial charge on any atom is 0.326 e. The van der Waals surface area contributed by atoms with E-state index in [-0.39, 0.29) is 11.4 Å². The average molecular weight is 389 g/mol. The van der Waals surface area contributed by atoms with Gasteiger partial charge in [0.25, 0.3) is 5.91 Å². The lowest BCUT2D eigenvalue weighted by Crippen LogP contribution is -2.29. The predicted molar refractivity (Wildman–Crippen MR) is 99.8 cm³/mol. The van der Waals surface area contributed by atoms with Gasteiger partial charge < -0.3 is 10.8 Å². The van der Waals surface area contributed by atoms with Gasteiger partial charge in [0, 0.05) is 5.56 Å². The molecule has 0 atom stereocenters. The van der Waals surface area contributed by atoms with E-state index in [0.717, 1.165) is 21.0 Å². The van der Waals surface area contributed by atoms with E-state index >= 15 is 0 Å². The van der Waals surface area contributed by atoms with Crippen molar-refractivity contribution in [1.29, 1.82) is 0 Å². The molecule has 1 heterocycles. The number of carbonyl (C=O) groups is 2. The Kier molecular flexibility index (Phi) is 4.56. The molecule has 9 heteroatoms. The van der Waals surface area contributed by atoms with Gasteiger partial charge in [0.1, 0.15) is 12.3 Å². The molecule has 3 rings (SSSR count). The fourth-order valence-corrected chi connectivity index (χ4v) is 4.48. The number of hydrogen-bond acceptors (Lipinski definition) is 5. The number of nitrogens with two attached hydrogens (primary N) is 1. The van der Waals surface area contributed by atoms with E-state index in [9.17, 15) is 23.1 Å². The molecule has 0 aromatic heterocycles. The van der Waals surface area contributed by atoms with Gasteiger partial charge in [0.15, 0.2) is 0 Å². The SMILES string of the molecule is Cc1cc(C)c(C(N)=O)c(Cc2ccc(N3CC(=O)NS3(=O)=O)c(O)c2)c1. The minimum absolute atomic E-state index is 0.00708. The van der Waals surface area contributed by atoms with E-state index in [1.54, 1.807) is 13.0 Å². The van der Waals surface area contributed by atoms with E-state index in [2.05, 4.69) is 0 Å². The van der Waals surface area contributed by atoms with Crippen molar-refractivity contribution < 1.29 is 23.1 Å². The number of phenols is 1. The summed E-state index contributed by atoms with van der Waals surface area (Å²) < 4.78 is 26.5. The van der Waals surface area contributed by atoms with Crippen LogP contribution in [0, 0.1) is 13.8 Å². The Balaban J connectivity index is 1.97. The van der Waals surface area contributed by atoms with Crippen LogP contribution in [0.3, 0.4) is 0 Å². The van der Waals surface area contributed by atoms with Crippen molar-refractivity contribution in [2.24, 2.45) is 5.73 Å². The number of aromatic hydroxyl groups is 1. The number of hydrogen-bond donors (Lipinski definition) is 3. The summed E-state index contributed by atoms with van der Waals surface area (Å²) in [4.78, 5) is 23.2.